The number of nitrogens with one attached hydrogen (secondary N) is 1. The number of aliphatic hydroxyl groups excluding tert-OH is 1. The van der Waals surface area contributed by atoms with Gasteiger partial charge in [-0.05, 0) is 35.9 Å². The summed E-state index contributed by atoms with van der Waals surface area (Å²) in [5, 5.41) is 10.7. The molecule has 2 amide bonds. The van der Waals surface area contributed by atoms with E-state index in [1.54, 1.807) is 0 Å². The maximum Gasteiger partial charge on any atom is 0.417 e. The lowest BCUT2D eigenvalue weighted by molar-refractivity contribution is -0.137. The standard InChI is InChI=1S/C20H18ClF3N2O5/c1-26(18(29)11-31-19(30)13-4-2-12(10-27)3-5-13)9-17(28)25-14-6-7-16(21)15(8-14)20(22,23)24/h2-8,27H,9-11H2,1H3,(H,25,28). The van der Waals surface area contributed by atoms with E-state index in [1.165, 1.54) is 37.4 Å². The number of aliphatic hydroxyl groups is 1. The molecule has 11 heteroatoms. The second kappa shape index (κ2) is 10.3. The van der Waals surface area contributed by atoms with Crippen molar-refractivity contribution in [2.24, 2.45) is 0 Å². The Hall–Kier alpha value is -3.11. The minimum absolute atomic E-state index is 0.139. The summed E-state index contributed by atoms with van der Waals surface area (Å²) in [6.07, 6.45) is -4.69. The molecule has 0 atom stereocenters. The summed E-state index contributed by atoms with van der Waals surface area (Å²) in [6.45, 7) is -1.30. The highest BCUT2D eigenvalue weighted by molar-refractivity contribution is 6.31. The van der Waals surface area contributed by atoms with Gasteiger partial charge in [0.05, 0.1) is 29.3 Å². The molecule has 2 rings (SSSR count). The maximum atomic E-state index is 12.9. The van der Waals surface area contributed by atoms with Crippen LogP contribution in [-0.4, -0.2) is 48.0 Å². The van der Waals surface area contributed by atoms with Gasteiger partial charge in [-0.3, -0.25) is 9.59 Å². The zero-order valence-electron chi connectivity index (χ0n) is 16.2. The number of hydrogen-bond acceptors (Lipinski definition) is 5. The van der Waals surface area contributed by atoms with Gasteiger partial charge in [0, 0.05) is 12.7 Å². The Morgan fingerprint density at radius 2 is 1.77 bits per heavy atom. The highest BCUT2D eigenvalue weighted by Crippen LogP contribution is 2.36. The van der Waals surface area contributed by atoms with Crippen molar-refractivity contribution in [3.05, 3.63) is 64.2 Å². The molecule has 0 aliphatic rings. The fourth-order valence-electron chi connectivity index (χ4n) is 2.39. The molecule has 0 spiro atoms. The first-order chi connectivity index (χ1) is 14.5. The normalized spacial score (nSPS) is 11.0. The number of amides is 2. The highest BCUT2D eigenvalue weighted by Gasteiger charge is 2.33. The molecule has 0 aromatic heterocycles. The minimum Gasteiger partial charge on any atom is -0.452 e. The molecule has 0 fully saturated rings. The lowest BCUT2D eigenvalue weighted by Crippen LogP contribution is -2.37. The number of alkyl halides is 3. The van der Waals surface area contributed by atoms with Gasteiger partial charge in [0.25, 0.3) is 5.91 Å². The summed E-state index contributed by atoms with van der Waals surface area (Å²) < 4.78 is 43.6. The number of carbonyl (C=O) groups is 3. The molecule has 0 unspecified atom stereocenters. The number of halogens is 4. The Balaban J connectivity index is 1.88. The Labute approximate surface area is 180 Å². The predicted octanol–water partition coefficient (Wildman–Crippen LogP) is 3.11. The van der Waals surface area contributed by atoms with Crippen molar-refractivity contribution >= 4 is 35.1 Å². The van der Waals surface area contributed by atoms with Crippen LogP contribution in [0.15, 0.2) is 42.5 Å². The van der Waals surface area contributed by atoms with Crippen LogP contribution in [0.2, 0.25) is 5.02 Å². The van der Waals surface area contributed by atoms with E-state index in [1.807, 2.05) is 0 Å². The van der Waals surface area contributed by atoms with Crippen molar-refractivity contribution in [1.82, 2.24) is 4.90 Å². The fourth-order valence-corrected chi connectivity index (χ4v) is 2.62. The first-order valence-corrected chi connectivity index (χ1v) is 9.16. The second-order valence-corrected chi connectivity index (χ2v) is 6.83. The van der Waals surface area contributed by atoms with Gasteiger partial charge in [0.2, 0.25) is 5.91 Å². The molecule has 0 saturated carbocycles. The Morgan fingerprint density at radius 3 is 2.35 bits per heavy atom. The van der Waals surface area contributed by atoms with E-state index >= 15 is 0 Å². The van der Waals surface area contributed by atoms with E-state index in [0.29, 0.717) is 11.6 Å². The van der Waals surface area contributed by atoms with E-state index in [4.69, 9.17) is 21.4 Å². The summed E-state index contributed by atoms with van der Waals surface area (Å²) in [6, 6.07) is 8.79. The molecule has 0 heterocycles. The number of rotatable bonds is 7. The second-order valence-electron chi connectivity index (χ2n) is 6.42. The maximum absolute atomic E-state index is 12.9. The van der Waals surface area contributed by atoms with Crippen LogP contribution in [0.1, 0.15) is 21.5 Å². The van der Waals surface area contributed by atoms with Gasteiger partial charge < -0.3 is 20.1 Å². The number of likely N-dealkylation sites (N-methyl/N-ethyl adjacent to an activating group) is 1. The molecular weight excluding hydrogens is 441 g/mol. The molecule has 0 aliphatic heterocycles. The van der Waals surface area contributed by atoms with E-state index in [9.17, 15) is 27.6 Å². The molecule has 0 saturated heterocycles. The van der Waals surface area contributed by atoms with Gasteiger partial charge in [-0.2, -0.15) is 13.2 Å². The number of nitrogens with zero attached hydrogens (tertiary/aromatic N) is 1. The largest absolute Gasteiger partial charge is 0.452 e. The van der Waals surface area contributed by atoms with Gasteiger partial charge in [-0.1, -0.05) is 23.7 Å². The zero-order valence-corrected chi connectivity index (χ0v) is 17.0. The van der Waals surface area contributed by atoms with Gasteiger partial charge >= 0.3 is 12.1 Å². The third kappa shape index (κ3) is 6.97. The summed E-state index contributed by atoms with van der Waals surface area (Å²) >= 11 is 5.52. The highest BCUT2D eigenvalue weighted by atomic mass is 35.5. The fraction of sp³-hybridized carbons (Fsp3) is 0.250. The molecule has 0 bridgehead atoms. The third-order valence-corrected chi connectivity index (χ3v) is 4.39. The number of carbonyl (C=O) groups excluding carboxylic acids is 3. The van der Waals surface area contributed by atoms with Crippen molar-refractivity contribution in [3.8, 4) is 0 Å². The molecule has 7 nitrogen and oxygen atoms in total. The number of hydrogen-bond donors (Lipinski definition) is 2. The SMILES string of the molecule is CN(CC(=O)Nc1ccc(Cl)c(C(F)(F)F)c1)C(=O)COC(=O)c1ccc(CO)cc1. The van der Waals surface area contributed by atoms with Crippen LogP contribution in [0, 0.1) is 0 Å². The van der Waals surface area contributed by atoms with Gasteiger partial charge in [-0.25, -0.2) is 4.79 Å². The molecular formula is C20H18ClF3N2O5. The van der Waals surface area contributed by atoms with E-state index in [2.05, 4.69) is 5.32 Å². The van der Waals surface area contributed by atoms with Crippen LogP contribution in [0.5, 0.6) is 0 Å². The van der Waals surface area contributed by atoms with E-state index in [-0.39, 0.29) is 17.9 Å². The van der Waals surface area contributed by atoms with Crippen molar-refractivity contribution in [3.63, 3.8) is 0 Å². The molecule has 2 aromatic rings. The van der Waals surface area contributed by atoms with Crippen molar-refractivity contribution in [2.45, 2.75) is 12.8 Å². The Morgan fingerprint density at radius 1 is 1.13 bits per heavy atom. The smallest absolute Gasteiger partial charge is 0.417 e. The van der Waals surface area contributed by atoms with Gasteiger partial charge in [0.15, 0.2) is 6.61 Å². The number of anilines is 1. The number of benzene rings is 2. The van der Waals surface area contributed by atoms with Gasteiger partial charge in [0.1, 0.15) is 0 Å². The van der Waals surface area contributed by atoms with Crippen molar-refractivity contribution in [2.75, 3.05) is 25.5 Å². The number of esters is 1. The van der Waals surface area contributed by atoms with E-state index in [0.717, 1.165) is 11.0 Å². The van der Waals surface area contributed by atoms with Crippen molar-refractivity contribution in [1.29, 1.82) is 0 Å². The molecule has 31 heavy (non-hydrogen) atoms. The van der Waals surface area contributed by atoms with Crippen LogP contribution in [-0.2, 0) is 27.1 Å². The minimum atomic E-state index is -4.69. The van der Waals surface area contributed by atoms with Gasteiger partial charge in [-0.15, -0.1) is 0 Å². The number of ether oxygens (including phenoxy) is 1. The summed E-state index contributed by atoms with van der Waals surface area (Å²) in [5.74, 6) is -2.21. The van der Waals surface area contributed by atoms with Crippen LogP contribution in [0.4, 0.5) is 18.9 Å². The first-order valence-electron chi connectivity index (χ1n) is 8.78. The first kappa shape index (κ1) is 24.2. The Kier molecular flexibility index (Phi) is 8.01. The topological polar surface area (TPSA) is 95.9 Å². The lowest BCUT2D eigenvalue weighted by Gasteiger charge is -2.17. The monoisotopic (exact) mass is 458 g/mol. The predicted molar refractivity (Wildman–Crippen MR) is 105 cm³/mol. The molecule has 0 aliphatic carbocycles. The average Bonchev–Trinajstić information content (AvgIpc) is 2.72. The summed E-state index contributed by atoms with van der Waals surface area (Å²) in [7, 11) is 1.27. The lowest BCUT2D eigenvalue weighted by atomic mass is 10.1. The van der Waals surface area contributed by atoms with Crippen LogP contribution >= 0.6 is 11.6 Å². The molecule has 2 N–H and O–H groups in total. The molecule has 0 radical (unpaired) electrons. The van der Waals surface area contributed by atoms with Crippen LogP contribution in [0.3, 0.4) is 0 Å². The average molecular weight is 459 g/mol. The van der Waals surface area contributed by atoms with E-state index < -0.39 is 47.7 Å². The quantitative estimate of drug-likeness (QED) is 0.622. The summed E-state index contributed by atoms with van der Waals surface area (Å²) in [4.78, 5) is 37.0. The Bertz CT molecular complexity index is 964. The van der Waals surface area contributed by atoms with Crippen LogP contribution < -0.4 is 5.32 Å². The summed E-state index contributed by atoms with van der Waals surface area (Å²) in [5.41, 5.74) is -0.467. The molecule has 166 valence electrons. The van der Waals surface area contributed by atoms with Crippen molar-refractivity contribution < 1.29 is 37.4 Å². The zero-order chi connectivity index (χ0) is 23.2. The molecule has 2 aromatic carbocycles. The van der Waals surface area contributed by atoms with Crippen LogP contribution in [0.25, 0.3) is 0 Å². The third-order valence-electron chi connectivity index (χ3n) is 4.06.